The van der Waals surface area contributed by atoms with Crippen LogP contribution in [0.4, 0.5) is 18.0 Å². The van der Waals surface area contributed by atoms with Gasteiger partial charge in [-0.05, 0) is 37.1 Å². The number of aryl methyl sites for hydroxylation is 1. The number of carbonyl (C=O) groups excluding carboxylic acids is 2. The largest absolute Gasteiger partial charge is 0.573 e. The first-order valence-electron chi connectivity index (χ1n) is 8.14. The highest BCUT2D eigenvalue weighted by Crippen LogP contribution is 2.32. The van der Waals surface area contributed by atoms with Crippen molar-refractivity contribution < 1.29 is 27.5 Å². The number of rotatable bonds is 4. The summed E-state index contributed by atoms with van der Waals surface area (Å²) in [7, 11) is 0. The van der Waals surface area contributed by atoms with Crippen LogP contribution in [0.1, 0.15) is 23.6 Å². The first-order valence-corrected chi connectivity index (χ1v) is 8.14. The van der Waals surface area contributed by atoms with Gasteiger partial charge in [-0.25, -0.2) is 4.79 Å². The van der Waals surface area contributed by atoms with Crippen LogP contribution >= 0.6 is 0 Å². The van der Waals surface area contributed by atoms with Gasteiger partial charge in [0.1, 0.15) is 11.3 Å². The van der Waals surface area contributed by atoms with E-state index in [9.17, 15) is 22.8 Å². The van der Waals surface area contributed by atoms with E-state index >= 15 is 0 Å². The van der Waals surface area contributed by atoms with E-state index in [1.807, 2.05) is 31.2 Å². The number of ether oxygens (including phenoxy) is 1. The molecule has 1 atom stereocenters. The molecule has 5 nitrogen and oxygen atoms in total. The van der Waals surface area contributed by atoms with Crippen molar-refractivity contribution >= 4 is 11.9 Å². The topological polar surface area (TPSA) is 58.6 Å². The fourth-order valence-corrected chi connectivity index (χ4v) is 3.02. The molecule has 3 rings (SSSR count). The number of hydrogen-bond acceptors (Lipinski definition) is 3. The van der Waals surface area contributed by atoms with E-state index in [4.69, 9.17) is 0 Å². The summed E-state index contributed by atoms with van der Waals surface area (Å²) in [6, 6.07) is 11.7. The SMILES string of the molecule is Cc1cccc(CN2C(=O)NC(C)(c3ccc(OC(F)(F)F)cc3)C2=O)c1. The maximum absolute atomic E-state index is 12.9. The molecule has 1 fully saturated rings. The molecule has 0 bridgehead atoms. The molecule has 27 heavy (non-hydrogen) atoms. The molecule has 0 aromatic heterocycles. The molecule has 2 aromatic carbocycles. The van der Waals surface area contributed by atoms with Gasteiger partial charge in [0.05, 0.1) is 6.54 Å². The molecule has 8 heteroatoms. The second-order valence-electron chi connectivity index (χ2n) is 6.51. The Morgan fingerprint density at radius 3 is 2.37 bits per heavy atom. The fraction of sp³-hybridized carbons (Fsp3) is 0.263. The Labute approximate surface area is 153 Å². The molecule has 0 saturated carbocycles. The number of hydrogen-bond donors (Lipinski definition) is 1. The summed E-state index contributed by atoms with van der Waals surface area (Å²) in [4.78, 5) is 26.3. The van der Waals surface area contributed by atoms with Crippen molar-refractivity contribution in [2.45, 2.75) is 32.3 Å². The zero-order valence-electron chi connectivity index (χ0n) is 14.6. The van der Waals surface area contributed by atoms with Crippen LogP contribution < -0.4 is 10.1 Å². The van der Waals surface area contributed by atoms with Crippen LogP contribution in [-0.4, -0.2) is 23.2 Å². The van der Waals surface area contributed by atoms with Crippen molar-refractivity contribution in [1.29, 1.82) is 0 Å². The van der Waals surface area contributed by atoms with E-state index in [1.165, 1.54) is 19.1 Å². The standard InChI is InChI=1S/C19H17F3N2O3/c1-12-4-3-5-13(10-12)11-24-16(25)18(2,23-17(24)26)14-6-8-15(9-7-14)27-19(20,21)22/h3-10H,11H2,1-2H3,(H,23,26). The van der Waals surface area contributed by atoms with Gasteiger partial charge in [0.25, 0.3) is 5.91 Å². The summed E-state index contributed by atoms with van der Waals surface area (Å²) in [5, 5.41) is 2.62. The lowest BCUT2D eigenvalue weighted by atomic mass is 9.92. The van der Waals surface area contributed by atoms with Gasteiger partial charge < -0.3 is 10.1 Å². The minimum absolute atomic E-state index is 0.108. The number of halogens is 3. The molecule has 1 aliphatic rings. The number of nitrogens with zero attached hydrogens (tertiary/aromatic N) is 1. The van der Waals surface area contributed by atoms with Gasteiger partial charge in [-0.3, -0.25) is 9.69 Å². The van der Waals surface area contributed by atoms with Crippen molar-refractivity contribution in [2.24, 2.45) is 0 Å². The second-order valence-corrected chi connectivity index (χ2v) is 6.51. The number of imide groups is 1. The van der Waals surface area contributed by atoms with E-state index in [-0.39, 0.29) is 6.54 Å². The zero-order valence-corrected chi connectivity index (χ0v) is 14.6. The molecule has 1 saturated heterocycles. The van der Waals surface area contributed by atoms with Crippen molar-refractivity contribution in [2.75, 3.05) is 0 Å². The predicted molar refractivity (Wildman–Crippen MR) is 90.7 cm³/mol. The first kappa shape index (κ1) is 18.8. The number of benzene rings is 2. The third kappa shape index (κ3) is 3.89. The highest BCUT2D eigenvalue weighted by Gasteiger charge is 2.48. The minimum atomic E-state index is -4.80. The summed E-state index contributed by atoms with van der Waals surface area (Å²) in [5.74, 6) is -0.873. The van der Waals surface area contributed by atoms with E-state index in [0.717, 1.165) is 28.2 Å². The van der Waals surface area contributed by atoms with E-state index in [2.05, 4.69) is 10.1 Å². The van der Waals surface area contributed by atoms with Gasteiger partial charge in [0, 0.05) is 0 Å². The van der Waals surface area contributed by atoms with Gasteiger partial charge in [-0.15, -0.1) is 13.2 Å². The van der Waals surface area contributed by atoms with Crippen LogP contribution in [0, 0.1) is 6.92 Å². The molecule has 1 unspecified atom stereocenters. The lowest BCUT2D eigenvalue weighted by Gasteiger charge is -2.22. The molecule has 0 radical (unpaired) electrons. The van der Waals surface area contributed by atoms with Crippen molar-refractivity contribution in [3.05, 3.63) is 65.2 Å². The van der Waals surface area contributed by atoms with Crippen molar-refractivity contribution in [1.82, 2.24) is 10.2 Å². The third-order valence-corrected chi connectivity index (χ3v) is 4.36. The Morgan fingerprint density at radius 1 is 1.11 bits per heavy atom. The number of nitrogens with one attached hydrogen (secondary N) is 1. The van der Waals surface area contributed by atoms with Crippen LogP contribution in [0.3, 0.4) is 0 Å². The second kappa shape index (κ2) is 6.61. The Kier molecular flexibility index (Phi) is 4.59. The summed E-state index contributed by atoms with van der Waals surface area (Å²) in [6.45, 7) is 3.53. The molecule has 142 valence electrons. The summed E-state index contributed by atoms with van der Waals surface area (Å²) in [6.07, 6.45) is -4.80. The van der Waals surface area contributed by atoms with Crippen LogP contribution in [0.2, 0.25) is 0 Å². The number of alkyl halides is 3. The molecular weight excluding hydrogens is 361 g/mol. The maximum Gasteiger partial charge on any atom is 0.573 e. The Hall–Kier alpha value is -3.03. The quantitative estimate of drug-likeness (QED) is 0.822. The lowest BCUT2D eigenvalue weighted by Crippen LogP contribution is -2.40. The number of urea groups is 1. The van der Waals surface area contributed by atoms with Crippen LogP contribution in [-0.2, 0) is 16.9 Å². The molecule has 1 heterocycles. The number of amides is 3. The molecular formula is C19H17F3N2O3. The average Bonchev–Trinajstić information content (AvgIpc) is 2.78. The molecule has 0 spiro atoms. The Bertz CT molecular complexity index is 881. The smallest absolute Gasteiger partial charge is 0.406 e. The Balaban J connectivity index is 1.82. The molecule has 1 N–H and O–H groups in total. The summed E-state index contributed by atoms with van der Waals surface area (Å²) < 4.78 is 40.7. The van der Waals surface area contributed by atoms with Gasteiger partial charge in [0.2, 0.25) is 0 Å². The monoisotopic (exact) mass is 378 g/mol. The van der Waals surface area contributed by atoms with E-state index in [0.29, 0.717) is 5.56 Å². The molecule has 0 aliphatic carbocycles. The molecule has 2 aromatic rings. The first-order chi connectivity index (χ1) is 12.6. The number of carbonyl (C=O) groups is 2. The van der Waals surface area contributed by atoms with E-state index < -0.39 is 29.6 Å². The summed E-state index contributed by atoms with van der Waals surface area (Å²) in [5.41, 5.74) is 0.805. The van der Waals surface area contributed by atoms with Crippen LogP contribution in [0.25, 0.3) is 0 Å². The highest BCUT2D eigenvalue weighted by molar-refractivity contribution is 6.07. The minimum Gasteiger partial charge on any atom is -0.406 e. The average molecular weight is 378 g/mol. The Morgan fingerprint density at radius 2 is 1.78 bits per heavy atom. The maximum atomic E-state index is 12.9. The fourth-order valence-electron chi connectivity index (χ4n) is 3.02. The predicted octanol–water partition coefficient (Wildman–Crippen LogP) is 3.86. The lowest BCUT2D eigenvalue weighted by molar-refractivity contribution is -0.274. The van der Waals surface area contributed by atoms with Crippen LogP contribution in [0.5, 0.6) is 5.75 Å². The zero-order chi connectivity index (χ0) is 19.8. The molecule has 3 amide bonds. The molecule has 1 aliphatic heterocycles. The normalized spacial score (nSPS) is 20.0. The van der Waals surface area contributed by atoms with Gasteiger partial charge in [-0.1, -0.05) is 42.0 Å². The van der Waals surface area contributed by atoms with Gasteiger partial charge in [-0.2, -0.15) is 0 Å². The van der Waals surface area contributed by atoms with Crippen molar-refractivity contribution in [3.63, 3.8) is 0 Å². The summed E-state index contributed by atoms with van der Waals surface area (Å²) >= 11 is 0. The third-order valence-electron chi connectivity index (χ3n) is 4.36. The van der Waals surface area contributed by atoms with Gasteiger partial charge in [0.15, 0.2) is 0 Å². The van der Waals surface area contributed by atoms with Crippen molar-refractivity contribution in [3.8, 4) is 5.75 Å². The highest BCUT2D eigenvalue weighted by atomic mass is 19.4. The van der Waals surface area contributed by atoms with Gasteiger partial charge >= 0.3 is 12.4 Å². The van der Waals surface area contributed by atoms with Crippen LogP contribution in [0.15, 0.2) is 48.5 Å². The van der Waals surface area contributed by atoms with E-state index in [1.54, 1.807) is 0 Å².